The van der Waals surface area contributed by atoms with Gasteiger partial charge in [-0.05, 0) is 137 Å². The van der Waals surface area contributed by atoms with Crippen LogP contribution in [0.2, 0.25) is 0 Å². The molecule has 3 aromatic heterocycles. The molecule has 3 heterocycles. The molecule has 0 saturated carbocycles. The van der Waals surface area contributed by atoms with Crippen molar-refractivity contribution in [2.75, 3.05) is 0 Å². The van der Waals surface area contributed by atoms with Gasteiger partial charge in [0, 0.05) is 55.0 Å². The maximum atomic E-state index is 9.98. The van der Waals surface area contributed by atoms with Crippen molar-refractivity contribution in [3.8, 4) is 91.1 Å². The molecule has 0 bridgehead atoms. The molecule has 350 valence electrons. The molecule has 0 spiro atoms. The number of benzene rings is 10. The predicted molar refractivity (Wildman–Crippen MR) is 303 cm³/mol. The number of nitrogens with zero attached hydrogens (tertiary/aromatic N) is 9. The van der Waals surface area contributed by atoms with Gasteiger partial charge in [-0.15, -0.1) is 0 Å². The van der Waals surface area contributed by atoms with Crippen molar-refractivity contribution in [2.24, 2.45) is 0 Å². The van der Waals surface area contributed by atoms with E-state index < -0.39 is 0 Å². The van der Waals surface area contributed by atoms with Crippen LogP contribution in [0.5, 0.6) is 0 Å². The van der Waals surface area contributed by atoms with E-state index in [1.54, 1.807) is 12.1 Å². The van der Waals surface area contributed by atoms with Crippen LogP contribution in [0.3, 0.4) is 0 Å². The van der Waals surface area contributed by atoms with Crippen molar-refractivity contribution in [1.82, 2.24) is 24.1 Å². The van der Waals surface area contributed by atoms with Crippen LogP contribution in [0.4, 0.5) is 11.4 Å². The van der Waals surface area contributed by atoms with Gasteiger partial charge in [-0.3, -0.25) is 0 Å². The van der Waals surface area contributed by atoms with Crippen molar-refractivity contribution in [1.29, 1.82) is 10.5 Å². The first kappa shape index (κ1) is 44.7. The monoisotopic (exact) mass is 967 g/mol. The average Bonchev–Trinajstić information content (AvgIpc) is 4.07. The normalized spacial score (nSPS) is 11.1. The molecule has 0 atom stereocenters. The molecule has 0 amide bonds. The van der Waals surface area contributed by atoms with E-state index in [-0.39, 0.29) is 0 Å². The summed E-state index contributed by atoms with van der Waals surface area (Å²) in [4.78, 5) is 23.1. The molecule has 0 saturated heterocycles. The third-order valence-electron chi connectivity index (χ3n) is 14.0. The SMILES string of the molecule is [C-]#[N+]c1cc(C#N)cc(-c2ccc3c(c2)c2cc(-c4cc(C#N)cc([N+]#[C-])c4)ccc2n3-c2ccc(-c3ccc4c(c3)c3ccccc3n4-c3ccccc3)cc2-c2nc(-c3ccccc3)nc(-c3ccccc3)n2)c1. The van der Waals surface area contributed by atoms with Crippen LogP contribution in [-0.2, 0) is 0 Å². The van der Waals surface area contributed by atoms with E-state index in [1.807, 2.05) is 103 Å². The second kappa shape index (κ2) is 18.4. The predicted octanol–water partition coefficient (Wildman–Crippen LogP) is 16.9. The zero-order valence-electron chi connectivity index (χ0n) is 40.4. The zero-order valence-corrected chi connectivity index (χ0v) is 40.4. The van der Waals surface area contributed by atoms with Gasteiger partial charge in [0.15, 0.2) is 28.8 Å². The summed E-state index contributed by atoms with van der Waals surface area (Å²) in [5.41, 5.74) is 15.0. The molecule has 13 aromatic rings. The largest absolute Gasteiger partial charge is 0.309 e. The Labute approximate surface area is 437 Å². The summed E-state index contributed by atoms with van der Waals surface area (Å²) in [5, 5.41) is 24.1. The number of nitriles is 2. The van der Waals surface area contributed by atoms with Crippen molar-refractivity contribution < 1.29 is 0 Å². The fourth-order valence-electron chi connectivity index (χ4n) is 10.5. The molecule has 0 aliphatic heterocycles. The lowest BCUT2D eigenvalue weighted by molar-refractivity contribution is 1.06. The topological polar surface area (TPSA) is 105 Å². The fraction of sp³-hybridized carbons (Fsp3) is 0. The van der Waals surface area contributed by atoms with Crippen molar-refractivity contribution in [2.45, 2.75) is 0 Å². The van der Waals surface area contributed by atoms with E-state index in [0.717, 1.165) is 105 Å². The molecule has 0 unspecified atom stereocenters. The zero-order chi connectivity index (χ0) is 51.3. The Morgan fingerprint density at radius 2 is 0.763 bits per heavy atom. The standard InChI is InChI=1S/C67H37N9/c1-70-52-32-42(40-68)30-50(34-52)48-24-27-62-57(37-48)58-38-49(51-31-43(41-69)33-53(35-51)71-2)25-28-63(58)76(62)64-29-23-47(46-22-26-61-56(36-46)55-20-12-13-21-60(55)75(61)54-18-10-5-11-19-54)39-59(64)67-73-65(44-14-6-3-7-15-44)72-66(74-67)45-16-8-4-9-17-45/h3-39H. The Kier molecular flexibility index (Phi) is 10.8. The van der Waals surface area contributed by atoms with Gasteiger partial charge in [-0.2, -0.15) is 10.5 Å². The van der Waals surface area contributed by atoms with E-state index in [1.165, 1.54) is 0 Å². The molecule has 76 heavy (non-hydrogen) atoms. The van der Waals surface area contributed by atoms with Gasteiger partial charge >= 0.3 is 0 Å². The van der Waals surface area contributed by atoms with Gasteiger partial charge in [0.25, 0.3) is 0 Å². The van der Waals surface area contributed by atoms with Crippen LogP contribution < -0.4 is 0 Å². The van der Waals surface area contributed by atoms with E-state index in [0.29, 0.717) is 40.0 Å². The first-order valence-electron chi connectivity index (χ1n) is 24.5. The van der Waals surface area contributed by atoms with Crippen LogP contribution in [0, 0.1) is 35.8 Å². The van der Waals surface area contributed by atoms with E-state index in [9.17, 15) is 10.5 Å². The first-order valence-corrected chi connectivity index (χ1v) is 24.5. The fourth-order valence-corrected chi connectivity index (χ4v) is 10.5. The van der Waals surface area contributed by atoms with Crippen molar-refractivity contribution in [3.63, 3.8) is 0 Å². The smallest absolute Gasteiger partial charge is 0.189 e. The maximum absolute atomic E-state index is 9.98. The quantitative estimate of drug-likeness (QED) is 0.141. The van der Waals surface area contributed by atoms with Crippen molar-refractivity contribution >= 4 is 55.0 Å². The average molecular weight is 968 g/mol. The highest BCUT2D eigenvalue weighted by Crippen LogP contribution is 2.43. The Hall–Kier alpha value is -11.2. The molecule has 10 aromatic carbocycles. The van der Waals surface area contributed by atoms with Gasteiger partial charge in [0.05, 0.1) is 53.0 Å². The maximum Gasteiger partial charge on any atom is 0.189 e. The molecule has 9 heteroatoms. The highest BCUT2D eigenvalue weighted by Gasteiger charge is 2.23. The van der Waals surface area contributed by atoms with Crippen LogP contribution >= 0.6 is 0 Å². The summed E-state index contributed by atoms with van der Waals surface area (Å²) in [6.07, 6.45) is 0. The molecule has 0 fully saturated rings. The minimum atomic E-state index is 0.375. The minimum absolute atomic E-state index is 0.375. The number of aromatic nitrogens is 5. The lowest BCUT2D eigenvalue weighted by Crippen LogP contribution is -2.04. The summed E-state index contributed by atoms with van der Waals surface area (Å²) >= 11 is 0. The molecule has 9 nitrogen and oxygen atoms in total. The summed E-state index contributed by atoms with van der Waals surface area (Å²) in [7, 11) is 0. The number of rotatable bonds is 8. The van der Waals surface area contributed by atoms with Crippen LogP contribution in [-0.4, -0.2) is 24.1 Å². The minimum Gasteiger partial charge on any atom is -0.309 e. The Bertz CT molecular complexity index is 4420. The lowest BCUT2D eigenvalue weighted by atomic mass is 9.98. The molecule has 0 aliphatic carbocycles. The highest BCUT2D eigenvalue weighted by atomic mass is 15.1. The molecule has 13 rings (SSSR count). The van der Waals surface area contributed by atoms with Crippen LogP contribution in [0.15, 0.2) is 224 Å². The number of para-hydroxylation sites is 2. The molecular weight excluding hydrogens is 931 g/mol. The van der Waals surface area contributed by atoms with Gasteiger partial charge < -0.3 is 9.13 Å². The van der Waals surface area contributed by atoms with E-state index in [2.05, 4.69) is 140 Å². The van der Waals surface area contributed by atoms with Crippen LogP contribution in [0.1, 0.15) is 11.1 Å². The highest BCUT2D eigenvalue weighted by molar-refractivity contribution is 6.13. The summed E-state index contributed by atoms with van der Waals surface area (Å²) in [5.74, 6) is 1.54. The summed E-state index contributed by atoms with van der Waals surface area (Å²) < 4.78 is 4.56. The molecular formula is C67H37N9. The molecule has 0 N–H and O–H groups in total. The number of fused-ring (bicyclic) bond motifs is 6. The van der Waals surface area contributed by atoms with Gasteiger partial charge in [0.2, 0.25) is 0 Å². The van der Waals surface area contributed by atoms with Gasteiger partial charge in [0.1, 0.15) is 0 Å². The second-order valence-corrected chi connectivity index (χ2v) is 18.5. The van der Waals surface area contributed by atoms with Gasteiger partial charge in [-0.25, -0.2) is 24.6 Å². The van der Waals surface area contributed by atoms with E-state index >= 15 is 0 Å². The third kappa shape index (κ3) is 7.75. The van der Waals surface area contributed by atoms with Crippen LogP contribution in [0.25, 0.3) is 132 Å². The number of hydrogen-bond donors (Lipinski definition) is 0. The molecule has 0 radical (unpaired) electrons. The van der Waals surface area contributed by atoms with Gasteiger partial charge in [-0.1, -0.05) is 121 Å². The van der Waals surface area contributed by atoms with E-state index in [4.69, 9.17) is 28.1 Å². The third-order valence-corrected chi connectivity index (χ3v) is 14.0. The molecule has 0 aliphatic rings. The first-order chi connectivity index (χ1) is 37.4. The number of hydrogen-bond acceptors (Lipinski definition) is 5. The Morgan fingerprint density at radius 1 is 0.342 bits per heavy atom. The Morgan fingerprint density at radius 3 is 1.29 bits per heavy atom. The second-order valence-electron chi connectivity index (χ2n) is 18.5. The summed E-state index contributed by atoms with van der Waals surface area (Å²) in [6.45, 7) is 15.6. The summed E-state index contributed by atoms with van der Waals surface area (Å²) in [6, 6.07) is 79.4. The Balaban J connectivity index is 1.09. The van der Waals surface area contributed by atoms with Crippen molar-refractivity contribution in [3.05, 3.63) is 258 Å². The lowest BCUT2D eigenvalue weighted by Gasteiger charge is -2.17.